The molecule has 0 atom stereocenters. The summed E-state index contributed by atoms with van der Waals surface area (Å²) in [5, 5.41) is 2.77. The van der Waals surface area contributed by atoms with E-state index in [9.17, 15) is 13.2 Å². The van der Waals surface area contributed by atoms with Crippen molar-refractivity contribution in [3.63, 3.8) is 0 Å². The standard InChI is InChI=1S/C20H26N2O4S/c1-13(2)26-17-6-8-18(9-7-17)27(24,25)21-12-19(23)22-20-15(4)10-14(3)11-16(20)5/h6-11,13,21H,12H2,1-5H3,(H,22,23). The first kappa shape index (κ1) is 20.9. The van der Waals surface area contributed by atoms with Crippen LogP contribution in [0.3, 0.4) is 0 Å². The van der Waals surface area contributed by atoms with Crippen LogP contribution in [0.15, 0.2) is 41.3 Å². The second kappa shape index (κ2) is 8.54. The number of hydrogen-bond donors (Lipinski definition) is 2. The normalized spacial score (nSPS) is 11.5. The van der Waals surface area contributed by atoms with E-state index in [2.05, 4.69) is 10.0 Å². The van der Waals surface area contributed by atoms with E-state index in [-0.39, 0.29) is 17.5 Å². The Morgan fingerprint density at radius 1 is 1.04 bits per heavy atom. The van der Waals surface area contributed by atoms with Crippen molar-refractivity contribution in [1.82, 2.24) is 4.72 Å². The fraction of sp³-hybridized carbons (Fsp3) is 0.350. The molecule has 0 fully saturated rings. The highest BCUT2D eigenvalue weighted by molar-refractivity contribution is 7.89. The Morgan fingerprint density at radius 3 is 2.11 bits per heavy atom. The minimum absolute atomic E-state index is 0.00275. The zero-order chi connectivity index (χ0) is 20.2. The van der Waals surface area contributed by atoms with Gasteiger partial charge in [0, 0.05) is 5.69 Å². The van der Waals surface area contributed by atoms with Gasteiger partial charge in [-0.2, -0.15) is 0 Å². The zero-order valence-electron chi connectivity index (χ0n) is 16.3. The van der Waals surface area contributed by atoms with Crippen molar-refractivity contribution >= 4 is 21.6 Å². The quantitative estimate of drug-likeness (QED) is 0.760. The van der Waals surface area contributed by atoms with Crippen LogP contribution in [0, 0.1) is 20.8 Å². The number of nitrogens with one attached hydrogen (secondary N) is 2. The molecule has 0 aromatic heterocycles. The molecule has 0 radical (unpaired) electrons. The Hall–Kier alpha value is -2.38. The monoisotopic (exact) mass is 390 g/mol. The fourth-order valence-electron chi connectivity index (χ4n) is 2.77. The topological polar surface area (TPSA) is 84.5 Å². The van der Waals surface area contributed by atoms with Gasteiger partial charge in [0.1, 0.15) is 5.75 Å². The SMILES string of the molecule is Cc1cc(C)c(NC(=O)CNS(=O)(=O)c2ccc(OC(C)C)cc2)c(C)c1. The fourth-order valence-corrected chi connectivity index (χ4v) is 3.76. The van der Waals surface area contributed by atoms with Crippen molar-refractivity contribution in [3.8, 4) is 5.75 Å². The number of amides is 1. The average molecular weight is 391 g/mol. The third-order valence-electron chi connectivity index (χ3n) is 3.87. The van der Waals surface area contributed by atoms with Gasteiger partial charge in [-0.3, -0.25) is 4.79 Å². The number of carbonyl (C=O) groups excluding carboxylic acids is 1. The van der Waals surface area contributed by atoms with E-state index in [1.54, 1.807) is 12.1 Å². The molecule has 146 valence electrons. The van der Waals surface area contributed by atoms with Gasteiger partial charge in [-0.15, -0.1) is 0 Å². The lowest BCUT2D eigenvalue weighted by Crippen LogP contribution is -2.33. The number of aryl methyl sites for hydroxylation is 3. The van der Waals surface area contributed by atoms with Crippen molar-refractivity contribution in [2.75, 3.05) is 11.9 Å². The van der Waals surface area contributed by atoms with E-state index in [4.69, 9.17) is 4.74 Å². The van der Waals surface area contributed by atoms with E-state index < -0.39 is 15.9 Å². The minimum atomic E-state index is -3.79. The summed E-state index contributed by atoms with van der Waals surface area (Å²) in [6.45, 7) is 9.22. The summed E-state index contributed by atoms with van der Waals surface area (Å²) in [5.41, 5.74) is 3.68. The molecule has 0 saturated heterocycles. The number of benzene rings is 2. The Bertz CT molecular complexity index is 896. The second-order valence-electron chi connectivity index (χ2n) is 6.78. The predicted octanol–water partition coefficient (Wildman–Crippen LogP) is 3.32. The number of anilines is 1. The van der Waals surface area contributed by atoms with E-state index in [1.165, 1.54) is 12.1 Å². The van der Waals surface area contributed by atoms with Crippen LogP contribution < -0.4 is 14.8 Å². The maximum Gasteiger partial charge on any atom is 0.241 e. The molecule has 2 aromatic rings. The van der Waals surface area contributed by atoms with Crippen LogP contribution in [0.5, 0.6) is 5.75 Å². The largest absolute Gasteiger partial charge is 0.491 e. The Balaban J connectivity index is 2.01. The summed E-state index contributed by atoms with van der Waals surface area (Å²) in [6.07, 6.45) is 0.00275. The van der Waals surface area contributed by atoms with Gasteiger partial charge in [0.25, 0.3) is 0 Å². The van der Waals surface area contributed by atoms with Gasteiger partial charge in [0.15, 0.2) is 0 Å². The smallest absolute Gasteiger partial charge is 0.241 e. The third-order valence-corrected chi connectivity index (χ3v) is 5.29. The summed E-state index contributed by atoms with van der Waals surface area (Å²) in [5.74, 6) is 0.167. The first-order valence-electron chi connectivity index (χ1n) is 8.72. The molecule has 0 bridgehead atoms. The third kappa shape index (κ3) is 5.80. The maximum absolute atomic E-state index is 12.4. The predicted molar refractivity (Wildman–Crippen MR) is 107 cm³/mol. The molecular formula is C20H26N2O4S. The van der Waals surface area contributed by atoms with Gasteiger partial charge in [0.05, 0.1) is 17.5 Å². The summed E-state index contributed by atoms with van der Waals surface area (Å²) in [7, 11) is -3.79. The van der Waals surface area contributed by atoms with Crippen LogP contribution in [-0.4, -0.2) is 27.0 Å². The van der Waals surface area contributed by atoms with Gasteiger partial charge >= 0.3 is 0 Å². The lowest BCUT2D eigenvalue weighted by atomic mass is 10.1. The average Bonchev–Trinajstić information content (AvgIpc) is 2.56. The Morgan fingerprint density at radius 2 is 1.59 bits per heavy atom. The van der Waals surface area contributed by atoms with Gasteiger partial charge < -0.3 is 10.1 Å². The highest BCUT2D eigenvalue weighted by atomic mass is 32.2. The lowest BCUT2D eigenvalue weighted by molar-refractivity contribution is -0.115. The van der Waals surface area contributed by atoms with Gasteiger partial charge in [-0.05, 0) is 70.0 Å². The van der Waals surface area contributed by atoms with E-state index in [1.807, 2.05) is 46.8 Å². The van der Waals surface area contributed by atoms with Gasteiger partial charge in [-0.1, -0.05) is 17.7 Å². The number of hydrogen-bond acceptors (Lipinski definition) is 4. The number of ether oxygens (including phenoxy) is 1. The van der Waals surface area contributed by atoms with E-state index in [0.717, 1.165) is 16.7 Å². The summed E-state index contributed by atoms with van der Waals surface area (Å²) < 4.78 is 32.6. The van der Waals surface area contributed by atoms with Crippen LogP contribution in [0.1, 0.15) is 30.5 Å². The van der Waals surface area contributed by atoms with Crippen LogP contribution >= 0.6 is 0 Å². The van der Waals surface area contributed by atoms with Gasteiger partial charge in [0.2, 0.25) is 15.9 Å². The van der Waals surface area contributed by atoms with Crippen molar-refractivity contribution in [2.45, 2.75) is 45.6 Å². The summed E-state index contributed by atoms with van der Waals surface area (Å²) >= 11 is 0. The molecule has 0 spiro atoms. The molecular weight excluding hydrogens is 364 g/mol. The first-order chi connectivity index (χ1) is 12.6. The Kier molecular flexibility index (Phi) is 6.62. The molecule has 2 rings (SSSR count). The molecule has 0 heterocycles. The molecule has 7 heteroatoms. The molecule has 0 aliphatic heterocycles. The lowest BCUT2D eigenvalue weighted by Gasteiger charge is -2.13. The van der Waals surface area contributed by atoms with Crippen LogP contribution in [0.4, 0.5) is 5.69 Å². The minimum Gasteiger partial charge on any atom is -0.491 e. The molecule has 0 unspecified atom stereocenters. The first-order valence-corrected chi connectivity index (χ1v) is 10.2. The molecule has 2 aromatic carbocycles. The van der Waals surface area contributed by atoms with Gasteiger partial charge in [-0.25, -0.2) is 13.1 Å². The molecule has 1 amide bonds. The highest BCUT2D eigenvalue weighted by Crippen LogP contribution is 2.22. The van der Waals surface area contributed by atoms with Crippen LogP contribution in [-0.2, 0) is 14.8 Å². The van der Waals surface area contributed by atoms with Crippen molar-refractivity contribution < 1.29 is 17.9 Å². The van der Waals surface area contributed by atoms with Crippen molar-refractivity contribution in [1.29, 1.82) is 0 Å². The van der Waals surface area contributed by atoms with E-state index in [0.29, 0.717) is 11.4 Å². The summed E-state index contributed by atoms with van der Waals surface area (Å²) in [6, 6.07) is 10.0. The maximum atomic E-state index is 12.4. The molecule has 0 aliphatic rings. The van der Waals surface area contributed by atoms with E-state index >= 15 is 0 Å². The number of rotatable bonds is 7. The van der Waals surface area contributed by atoms with Crippen molar-refractivity contribution in [2.24, 2.45) is 0 Å². The van der Waals surface area contributed by atoms with Crippen molar-refractivity contribution in [3.05, 3.63) is 53.1 Å². The summed E-state index contributed by atoms with van der Waals surface area (Å²) in [4.78, 5) is 12.3. The number of sulfonamides is 1. The van der Waals surface area contributed by atoms with Crippen LogP contribution in [0.2, 0.25) is 0 Å². The number of carbonyl (C=O) groups is 1. The Labute approximate surface area is 161 Å². The molecule has 2 N–H and O–H groups in total. The second-order valence-corrected chi connectivity index (χ2v) is 8.55. The molecule has 6 nitrogen and oxygen atoms in total. The molecule has 27 heavy (non-hydrogen) atoms. The molecule has 0 aliphatic carbocycles. The zero-order valence-corrected chi connectivity index (χ0v) is 17.1. The highest BCUT2D eigenvalue weighted by Gasteiger charge is 2.16. The van der Waals surface area contributed by atoms with Crippen LogP contribution in [0.25, 0.3) is 0 Å². The molecule has 0 saturated carbocycles.